The van der Waals surface area contributed by atoms with E-state index >= 15 is 0 Å². The number of hydrogen-bond acceptors (Lipinski definition) is 2. The highest BCUT2D eigenvalue weighted by Crippen LogP contribution is 2.38. The van der Waals surface area contributed by atoms with E-state index in [1.165, 1.54) is 61.5 Å². The van der Waals surface area contributed by atoms with Gasteiger partial charge in [0.05, 0.1) is 12.1 Å². The van der Waals surface area contributed by atoms with Crippen molar-refractivity contribution in [1.82, 2.24) is 0 Å². The van der Waals surface area contributed by atoms with Gasteiger partial charge in [0.1, 0.15) is 0 Å². The first-order chi connectivity index (χ1) is 31.5. The molecule has 9 rings (SSSR count). The lowest BCUT2D eigenvalue weighted by molar-refractivity contribution is 0.570. The molecule has 318 valence electrons. The van der Waals surface area contributed by atoms with Gasteiger partial charge in [0.2, 0.25) is 0 Å². The molecule has 4 atom stereocenters. The van der Waals surface area contributed by atoms with E-state index in [9.17, 15) is 0 Å². The molecular weight excluding hydrogens is 773 g/mol. The molecule has 0 saturated heterocycles. The molecule has 0 fully saturated rings. The number of allylic oxidation sites excluding steroid dienone is 20. The highest BCUT2D eigenvalue weighted by molar-refractivity contribution is 5.78. The number of benzene rings is 4. The van der Waals surface area contributed by atoms with Crippen molar-refractivity contribution in [3.8, 4) is 0 Å². The predicted octanol–water partition coefficient (Wildman–Crippen LogP) is 15.9. The average Bonchev–Trinajstić information content (AvgIpc) is 3.36. The van der Waals surface area contributed by atoms with Gasteiger partial charge in [0.15, 0.2) is 0 Å². The van der Waals surface area contributed by atoms with Crippen LogP contribution in [0.25, 0.3) is 16.7 Å². The van der Waals surface area contributed by atoms with Gasteiger partial charge in [-0.1, -0.05) is 196 Å². The molecule has 4 aromatic rings. The van der Waals surface area contributed by atoms with Gasteiger partial charge in [-0.3, -0.25) is 0 Å². The molecule has 64 heavy (non-hydrogen) atoms. The van der Waals surface area contributed by atoms with E-state index in [0.717, 1.165) is 49.9 Å². The number of nitrogens with zero attached hydrogens (tertiary/aromatic N) is 2. The third-order valence-electron chi connectivity index (χ3n) is 13.4. The Morgan fingerprint density at radius 1 is 0.625 bits per heavy atom. The van der Waals surface area contributed by atoms with Crippen LogP contribution in [0.3, 0.4) is 0 Å². The standard InChI is InChI=1S/C62H60N2/c1-4-48(49-17-9-5-10-18-49)26-25-47(3)63(58-36-27-52(28-37-58)50-19-11-6-12-20-50)59-38-29-53(30-39-59)54-31-40-60(41-32-54)64(57-23-15-8-16-24-57)61-42-33-55(34-43-61)62-44-35-56(45-46(62)2)51-21-13-7-14-22-51/h4-9,11-17,19-27,29-36,38-40,42,44-46,60-62H,3,10,18,28,37,41,43H2,1-2H3/b26-25-,48-4+. The molecule has 4 aromatic carbocycles. The lowest BCUT2D eigenvalue weighted by Crippen LogP contribution is -2.42. The van der Waals surface area contributed by atoms with Crippen LogP contribution in [-0.4, -0.2) is 12.1 Å². The molecule has 0 heterocycles. The molecular formula is C62H60N2. The topological polar surface area (TPSA) is 6.48 Å². The zero-order valence-corrected chi connectivity index (χ0v) is 37.4. The van der Waals surface area contributed by atoms with Gasteiger partial charge in [0.25, 0.3) is 0 Å². The molecule has 5 aliphatic carbocycles. The van der Waals surface area contributed by atoms with Gasteiger partial charge in [-0.2, -0.15) is 0 Å². The Balaban J connectivity index is 0.914. The molecule has 4 unspecified atom stereocenters. The lowest BCUT2D eigenvalue weighted by Gasteiger charge is -2.39. The lowest BCUT2D eigenvalue weighted by atomic mass is 9.78. The van der Waals surface area contributed by atoms with Crippen LogP contribution in [0, 0.1) is 11.8 Å². The van der Waals surface area contributed by atoms with Crippen molar-refractivity contribution in [2.45, 2.75) is 64.5 Å². The maximum absolute atomic E-state index is 4.66. The summed E-state index contributed by atoms with van der Waals surface area (Å²) in [5.74, 6) is 0.823. The van der Waals surface area contributed by atoms with E-state index in [1.807, 2.05) is 0 Å². The van der Waals surface area contributed by atoms with Crippen LogP contribution in [0.2, 0.25) is 0 Å². The van der Waals surface area contributed by atoms with Crippen LogP contribution in [0.1, 0.15) is 69.1 Å². The van der Waals surface area contributed by atoms with Gasteiger partial charge in [0, 0.05) is 28.7 Å². The molecule has 2 heteroatoms. The summed E-state index contributed by atoms with van der Waals surface area (Å²) in [5, 5.41) is 0. The van der Waals surface area contributed by atoms with Gasteiger partial charge in [-0.05, 0) is 138 Å². The Kier molecular flexibility index (Phi) is 13.3. The summed E-state index contributed by atoms with van der Waals surface area (Å²) >= 11 is 0. The van der Waals surface area contributed by atoms with Crippen molar-refractivity contribution < 1.29 is 0 Å². The van der Waals surface area contributed by atoms with Crippen LogP contribution >= 0.6 is 0 Å². The monoisotopic (exact) mass is 832 g/mol. The highest BCUT2D eigenvalue weighted by atomic mass is 15.2. The van der Waals surface area contributed by atoms with Gasteiger partial charge >= 0.3 is 0 Å². The average molecular weight is 833 g/mol. The molecule has 0 N–H and O–H groups in total. The second-order valence-corrected chi connectivity index (χ2v) is 17.5. The molecule has 0 aliphatic heterocycles. The van der Waals surface area contributed by atoms with E-state index in [4.69, 9.17) is 0 Å². The minimum Gasteiger partial charge on any atom is -0.358 e. The van der Waals surface area contributed by atoms with Crippen molar-refractivity contribution in [3.05, 3.63) is 270 Å². The fourth-order valence-corrected chi connectivity index (χ4v) is 9.92. The Labute approximate surface area is 382 Å². The molecule has 2 nitrogen and oxygen atoms in total. The summed E-state index contributed by atoms with van der Waals surface area (Å²) in [5.41, 5.74) is 16.4. The van der Waals surface area contributed by atoms with E-state index in [0.29, 0.717) is 11.8 Å². The molecule has 0 radical (unpaired) electrons. The number of rotatable bonds is 13. The minimum atomic E-state index is 0.250. The maximum Gasteiger partial charge on any atom is 0.0517 e. The second-order valence-electron chi connectivity index (χ2n) is 17.5. The van der Waals surface area contributed by atoms with Crippen molar-refractivity contribution in [2.24, 2.45) is 11.8 Å². The first kappa shape index (κ1) is 42.4. The van der Waals surface area contributed by atoms with Crippen molar-refractivity contribution >= 4 is 28.1 Å². The Hall–Kier alpha value is -6.90. The van der Waals surface area contributed by atoms with E-state index in [2.05, 4.69) is 249 Å². The number of anilines is 2. The summed E-state index contributed by atoms with van der Waals surface area (Å²) in [6.07, 6.45) is 45.6. The molecule has 5 aliphatic rings. The number of hydrogen-bond donors (Lipinski definition) is 0. The Morgan fingerprint density at radius 3 is 1.91 bits per heavy atom. The maximum atomic E-state index is 4.66. The summed E-state index contributed by atoms with van der Waals surface area (Å²) in [6.45, 7) is 9.14. The first-order valence-corrected chi connectivity index (χ1v) is 23.3. The van der Waals surface area contributed by atoms with Gasteiger partial charge < -0.3 is 9.80 Å². The summed E-state index contributed by atoms with van der Waals surface area (Å²) in [4.78, 5) is 4.97. The predicted molar refractivity (Wildman–Crippen MR) is 275 cm³/mol. The number of para-hydroxylation sites is 1. The fourth-order valence-electron chi connectivity index (χ4n) is 9.92. The van der Waals surface area contributed by atoms with Crippen LogP contribution in [0.4, 0.5) is 11.4 Å². The van der Waals surface area contributed by atoms with Gasteiger partial charge in [-0.25, -0.2) is 0 Å². The van der Waals surface area contributed by atoms with Crippen LogP contribution in [0.15, 0.2) is 253 Å². The molecule has 0 aromatic heterocycles. The molecule has 0 saturated carbocycles. The molecule has 0 amide bonds. The minimum absolute atomic E-state index is 0.250. The van der Waals surface area contributed by atoms with Crippen LogP contribution in [-0.2, 0) is 0 Å². The third kappa shape index (κ3) is 9.68. The Morgan fingerprint density at radius 2 is 1.30 bits per heavy atom. The fraction of sp³-hybridized carbons (Fsp3) is 0.194. The van der Waals surface area contributed by atoms with Crippen LogP contribution in [0.5, 0.6) is 0 Å². The molecule has 0 spiro atoms. The van der Waals surface area contributed by atoms with E-state index in [1.54, 1.807) is 0 Å². The van der Waals surface area contributed by atoms with E-state index in [-0.39, 0.29) is 12.1 Å². The van der Waals surface area contributed by atoms with Crippen molar-refractivity contribution in [1.29, 1.82) is 0 Å². The third-order valence-corrected chi connectivity index (χ3v) is 13.4. The zero-order valence-electron chi connectivity index (χ0n) is 37.4. The molecule has 0 bridgehead atoms. The smallest absolute Gasteiger partial charge is 0.0517 e. The first-order valence-electron chi connectivity index (χ1n) is 23.3. The van der Waals surface area contributed by atoms with Crippen molar-refractivity contribution in [3.63, 3.8) is 0 Å². The van der Waals surface area contributed by atoms with Crippen LogP contribution < -0.4 is 9.80 Å². The largest absolute Gasteiger partial charge is 0.358 e. The van der Waals surface area contributed by atoms with E-state index < -0.39 is 0 Å². The second kappa shape index (κ2) is 20.1. The SMILES string of the molecule is C=C(/C=C\C(=C/C)C1=CC=CCC1)N(C1=CC=C(c2ccccc2)CC1)c1ccc(C2=CCC(N(c3ccccc3)C3C=CC(C4C=CC(c5ccccc5)=CC4C)=CC3)C=C2)cc1. The highest BCUT2D eigenvalue weighted by Gasteiger charge is 2.28. The summed E-state index contributed by atoms with van der Waals surface area (Å²) in [6, 6.07) is 42.1. The summed E-state index contributed by atoms with van der Waals surface area (Å²) in [7, 11) is 0. The Bertz CT molecular complexity index is 2690. The normalized spacial score (nSPS) is 21.9. The quantitative estimate of drug-likeness (QED) is 0.124. The van der Waals surface area contributed by atoms with Crippen molar-refractivity contribution in [2.75, 3.05) is 9.80 Å². The van der Waals surface area contributed by atoms with Gasteiger partial charge in [-0.15, -0.1) is 0 Å². The zero-order chi connectivity index (χ0) is 43.7. The summed E-state index contributed by atoms with van der Waals surface area (Å²) < 4.78 is 0.